The van der Waals surface area contributed by atoms with E-state index in [0.717, 1.165) is 37.1 Å². The Morgan fingerprint density at radius 1 is 1.04 bits per heavy atom. The molecule has 1 N–H and O–H groups in total. The minimum Gasteiger partial charge on any atom is -0.497 e. The summed E-state index contributed by atoms with van der Waals surface area (Å²) in [5.41, 5.74) is 1.73. The van der Waals surface area contributed by atoms with E-state index in [1.54, 1.807) is 7.11 Å². The van der Waals surface area contributed by atoms with Crippen LogP contribution in [0.3, 0.4) is 0 Å². The van der Waals surface area contributed by atoms with Gasteiger partial charge in [0.15, 0.2) is 0 Å². The van der Waals surface area contributed by atoms with E-state index < -0.39 is 0 Å². The van der Waals surface area contributed by atoms with Crippen LogP contribution in [0.5, 0.6) is 5.75 Å². The molecule has 0 aliphatic carbocycles. The molecule has 0 unspecified atom stereocenters. The smallest absolute Gasteiger partial charge is 0.494 e. The van der Waals surface area contributed by atoms with Crippen LogP contribution in [-0.2, 0) is 9.31 Å². The maximum atomic E-state index is 6.20. The molecule has 1 aromatic rings. The SMILES string of the molecule is COc1cc(B2OC(C)(C)C(C)(C)O2)cc(C2CCNCC2)c1. The minimum absolute atomic E-state index is 0.324. The van der Waals surface area contributed by atoms with Gasteiger partial charge in [0.25, 0.3) is 0 Å². The molecule has 0 radical (unpaired) electrons. The van der Waals surface area contributed by atoms with Gasteiger partial charge >= 0.3 is 7.12 Å². The molecule has 0 atom stereocenters. The molecule has 0 saturated carbocycles. The summed E-state index contributed by atoms with van der Waals surface area (Å²) in [5, 5.41) is 3.42. The fraction of sp³-hybridized carbons (Fsp3) is 0.667. The van der Waals surface area contributed by atoms with E-state index in [9.17, 15) is 0 Å². The second kappa shape index (κ2) is 6.12. The average molecular weight is 317 g/mol. The molecule has 23 heavy (non-hydrogen) atoms. The highest BCUT2D eigenvalue weighted by Crippen LogP contribution is 2.37. The highest BCUT2D eigenvalue weighted by molar-refractivity contribution is 6.62. The largest absolute Gasteiger partial charge is 0.497 e. The first-order valence-corrected chi connectivity index (χ1v) is 8.58. The first-order valence-electron chi connectivity index (χ1n) is 8.58. The van der Waals surface area contributed by atoms with Gasteiger partial charge in [-0.25, -0.2) is 0 Å². The lowest BCUT2D eigenvalue weighted by molar-refractivity contribution is 0.00578. The first kappa shape index (κ1) is 16.8. The Bertz CT molecular complexity index is 551. The summed E-state index contributed by atoms with van der Waals surface area (Å²) in [6, 6.07) is 6.43. The predicted molar refractivity (Wildman–Crippen MR) is 93.6 cm³/mol. The number of methoxy groups -OCH3 is 1. The second-order valence-electron chi connectivity index (χ2n) is 7.65. The van der Waals surface area contributed by atoms with Crippen LogP contribution in [0.2, 0.25) is 0 Å². The normalized spacial score (nSPS) is 24.0. The Balaban J connectivity index is 1.90. The van der Waals surface area contributed by atoms with Crippen LogP contribution in [0.4, 0.5) is 0 Å². The molecule has 2 aliphatic heterocycles. The molecule has 0 spiro atoms. The molecule has 2 aliphatic rings. The van der Waals surface area contributed by atoms with Gasteiger partial charge in [-0.1, -0.05) is 6.07 Å². The molecule has 2 heterocycles. The second-order valence-corrected chi connectivity index (χ2v) is 7.65. The molecule has 0 aromatic heterocycles. The molecule has 5 heteroatoms. The molecule has 3 rings (SSSR count). The summed E-state index contributed by atoms with van der Waals surface area (Å²) in [7, 11) is 1.38. The zero-order valence-electron chi connectivity index (χ0n) is 14.9. The van der Waals surface area contributed by atoms with Crippen LogP contribution < -0.4 is 15.5 Å². The quantitative estimate of drug-likeness (QED) is 0.870. The number of ether oxygens (including phenoxy) is 1. The summed E-state index contributed by atoms with van der Waals surface area (Å²) < 4.78 is 17.9. The lowest BCUT2D eigenvalue weighted by Crippen LogP contribution is -2.41. The number of hydrogen-bond donors (Lipinski definition) is 1. The van der Waals surface area contributed by atoms with Gasteiger partial charge in [-0.3, -0.25) is 0 Å². The zero-order valence-corrected chi connectivity index (χ0v) is 14.9. The van der Waals surface area contributed by atoms with Crippen molar-refractivity contribution in [2.75, 3.05) is 20.2 Å². The predicted octanol–water partition coefficient (Wildman–Crippen LogP) is 2.46. The average Bonchev–Trinajstić information content (AvgIpc) is 2.76. The fourth-order valence-corrected chi connectivity index (χ4v) is 3.27. The number of piperidine rings is 1. The maximum absolute atomic E-state index is 6.20. The zero-order chi connectivity index (χ0) is 16.7. The fourth-order valence-electron chi connectivity index (χ4n) is 3.27. The Kier molecular flexibility index (Phi) is 4.47. The van der Waals surface area contributed by atoms with E-state index in [1.165, 1.54) is 5.56 Å². The maximum Gasteiger partial charge on any atom is 0.494 e. The van der Waals surface area contributed by atoms with Crippen molar-refractivity contribution in [2.45, 2.75) is 57.7 Å². The molecule has 0 bridgehead atoms. The highest BCUT2D eigenvalue weighted by Gasteiger charge is 2.51. The highest BCUT2D eigenvalue weighted by atomic mass is 16.7. The third-order valence-corrected chi connectivity index (χ3v) is 5.52. The van der Waals surface area contributed by atoms with Crippen molar-refractivity contribution in [2.24, 2.45) is 0 Å². The Morgan fingerprint density at radius 3 is 2.22 bits per heavy atom. The number of hydrogen-bond acceptors (Lipinski definition) is 4. The molecular weight excluding hydrogens is 289 g/mol. The van der Waals surface area contributed by atoms with Gasteiger partial charge in [-0.15, -0.1) is 0 Å². The van der Waals surface area contributed by atoms with Gasteiger partial charge in [0.1, 0.15) is 5.75 Å². The van der Waals surface area contributed by atoms with Crippen LogP contribution in [0, 0.1) is 0 Å². The Hall–Kier alpha value is -1.04. The molecule has 126 valence electrons. The topological polar surface area (TPSA) is 39.7 Å². The van der Waals surface area contributed by atoms with E-state index in [1.807, 2.05) is 6.07 Å². The third-order valence-electron chi connectivity index (χ3n) is 5.52. The monoisotopic (exact) mass is 317 g/mol. The van der Waals surface area contributed by atoms with Gasteiger partial charge in [0, 0.05) is 0 Å². The molecule has 0 amide bonds. The van der Waals surface area contributed by atoms with E-state index >= 15 is 0 Å². The van der Waals surface area contributed by atoms with E-state index in [4.69, 9.17) is 14.0 Å². The van der Waals surface area contributed by atoms with Crippen molar-refractivity contribution < 1.29 is 14.0 Å². The summed E-state index contributed by atoms with van der Waals surface area (Å²) in [6.07, 6.45) is 2.33. The van der Waals surface area contributed by atoms with Gasteiger partial charge in [0.2, 0.25) is 0 Å². The minimum atomic E-state index is -0.337. The molecular formula is C18H28BNO3. The summed E-state index contributed by atoms with van der Waals surface area (Å²) in [6.45, 7) is 10.5. The van der Waals surface area contributed by atoms with Crippen LogP contribution in [0.25, 0.3) is 0 Å². The molecule has 4 nitrogen and oxygen atoms in total. The number of nitrogens with one attached hydrogen (secondary N) is 1. The van der Waals surface area contributed by atoms with E-state index in [2.05, 4.69) is 45.1 Å². The van der Waals surface area contributed by atoms with Crippen molar-refractivity contribution in [3.63, 3.8) is 0 Å². The van der Waals surface area contributed by atoms with Gasteiger partial charge in [-0.2, -0.15) is 0 Å². The van der Waals surface area contributed by atoms with Crippen LogP contribution in [0.1, 0.15) is 52.0 Å². The van der Waals surface area contributed by atoms with Crippen LogP contribution in [-0.4, -0.2) is 38.5 Å². The Labute approximate surface area is 140 Å². The van der Waals surface area contributed by atoms with Crippen molar-refractivity contribution >= 4 is 12.6 Å². The lowest BCUT2D eigenvalue weighted by atomic mass is 9.76. The third kappa shape index (κ3) is 3.28. The van der Waals surface area contributed by atoms with Crippen molar-refractivity contribution in [1.82, 2.24) is 5.32 Å². The molecule has 2 fully saturated rings. The van der Waals surface area contributed by atoms with Crippen molar-refractivity contribution in [3.8, 4) is 5.75 Å². The first-order chi connectivity index (χ1) is 10.8. The van der Waals surface area contributed by atoms with E-state index in [0.29, 0.717) is 5.92 Å². The van der Waals surface area contributed by atoms with Crippen LogP contribution in [0.15, 0.2) is 18.2 Å². The van der Waals surface area contributed by atoms with Gasteiger partial charge < -0.3 is 19.4 Å². The molecule has 2 saturated heterocycles. The Morgan fingerprint density at radius 2 is 1.65 bits per heavy atom. The van der Waals surface area contributed by atoms with Crippen molar-refractivity contribution in [3.05, 3.63) is 23.8 Å². The number of rotatable bonds is 3. The van der Waals surface area contributed by atoms with Crippen molar-refractivity contribution in [1.29, 1.82) is 0 Å². The summed E-state index contributed by atoms with van der Waals surface area (Å²) in [5.74, 6) is 1.46. The summed E-state index contributed by atoms with van der Waals surface area (Å²) in [4.78, 5) is 0. The summed E-state index contributed by atoms with van der Waals surface area (Å²) >= 11 is 0. The molecule has 1 aromatic carbocycles. The number of benzene rings is 1. The van der Waals surface area contributed by atoms with Crippen LogP contribution >= 0.6 is 0 Å². The standard InChI is InChI=1S/C18H28BNO3/c1-17(2)18(3,4)23-19(22-17)15-10-14(11-16(12-15)21-5)13-6-8-20-9-7-13/h10-13,20H,6-9H2,1-5H3. The van der Waals surface area contributed by atoms with Gasteiger partial charge in [0.05, 0.1) is 18.3 Å². The van der Waals surface area contributed by atoms with E-state index in [-0.39, 0.29) is 18.3 Å². The van der Waals surface area contributed by atoms with Gasteiger partial charge in [-0.05, 0) is 82.7 Å². The lowest BCUT2D eigenvalue weighted by Gasteiger charge is -2.32.